The summed E-state index contributed by atoms with van der Waals surface area (Å²) in [6, 6.07) is 14.9. The predicted molar refractivity (Wildman–Crippen MR) is 127 cm³/mol. The normalized spacial score (nSPS) is 11.3. The molecule has 0 fully saturated rings. The van der Waals surface area contributed by atoms with Crippen molar-refractivity contribution in [2.24, 2.45) is 16.6 Å². The van der Waals surface area contributed by atoms with Crippen molar-refractivity contribution >= 4 is 11.9 Å². The van der Waals surface area contributed by atoms with E-state index in [2.05, 4.69) is 20.7 Å². The summed E-state index contributed by atoms with van der Waals surface area (Å²) in [6.07, 6.45) is 0. The summed E-state index contributed by atoms with van der Waals surface area (Å²) < 4.78 is 7.74. The number of hydrogen-bond donors (Lipinski definition) is 4. The quantitative estimate of drug-likeness (QED) is 0.116. The van der Waals surface area contributed by atoms with Gasteiger partial charge in [-0.15, -0.1) is 0 Å². The van der Waals surface area contributed by atoms with E-state index in [-0.39, 0.29) is 31.5 Å². The Hall–Kier alpha value is -4.12. The van der Waals surface area contributed by atoms with Gasteiger partial charge in [-0.1, -0.05) is 42.0 Å². The van der Waals surface area contributed by atoms with Gasteiger partial charge in [-0.2, -0.15) is 4.98 Å². The summed E-state index contributed by atoms with van der Waals surface area (Å²) in [5.41, 5.74) is 9.40. The standard InChI is InChI=1S/C22H28N8O3/c1-15-3-5-16(6-4-15)14-30-21(31)27-20(26-12-11-25-19(23)28-24)29(22(30)32)13-17-7-9-18(33-2)10-8-17/h3-10H,11-14,24H2,1-2H3,(H3,23,25,28)(H,26,27,31). The SMILES string of the molecule is COc1ccc(Cn2c(NCCN=C(N)NN)nc(=O)n(Cc3ccc(C)cc3)c2=O)cc1. The third-order valence-electron chi connectivity index (χ3n) is 4.94. The van der Waals surface area contributed by atoms with Gasteiger partial charge in [-0.25, -0.2) is 20.0 Å². The van der Waals surface area contributed by atoms with E-state index in [4.69, 9.17) is 16.3 Å². The second-order valence-electron chi connectivity index (χ2n) is 7.34. The van der Waals surface area contributed by atoms with Crippen molar-refractivity contribution in [2.75, 3.05) is 25.5 Å². The number of nitrogens with two attached hydrogens (primary N) is 2. The monoisotopic (exact) mass is 452 g/mol. The number of nitrogens with one attached hydrogen (secondary N) is 2. The van der Waals surface area contributed by atoms with Gasteiger partial charge in [0.25, 0.3) is 0 Å². The number of hydrazine groups is 1. The molecule has 174 valence electrons. The smallest absolute Gasteiger partial charge is 0.355 e. The highest BCUT2D eigenvalue weighted by Gasteiger charge is 2.14. The maximum Gasteiger partial charge on any atom is 0.355 e. The predicted octanol–water partition coefficient (Wildman–Crippen LogP) is 0.00852. The Labute approximate surface area is 190 Å². The zero-order chi connectivity index (χ0) is 23.8. The van der Waals surface area contributed by atoms with E-state index in [1.54, 1.807) is 19.2 Å². The van der Waals surface area contributed by atoms with E-state index < -0.39 is 11.4 Å². The topological polar surface area (TPSA) is 155 Å². The van der Waals surface area contributed by atoms with Crippen molar-refractivity contribution in [3.05, 3.63) is 86.2 Å². The van der Waals surface area contributed by atoms with Crippen molar-refractivity contribution in [1.82, 2.24) is 19.5 Å². The van der Waals surface area contributed by atoms with Gasteiger partial charge in [-0.05, 0) is 30.2 Å². The number of ether oxygens (including phenoxy) is 1. The molecule has 2 aromatic carbocycles. The van der Waals surface area contributed by atoms with Crippen molar-refractivity contribution in [3.8, 4) is 5.75 Å². The number of aryl methyl sites for hydroxylation is 1. The summed E-state index contributed by atoms with van der Waals surface area (Å²) in [5.74, 6) is 6.12. The average Bonchev–Trinajstić information content (AvgIpc) is 2.83. The van der Waals surface area contributed by atoms with Crippen molar-refractivity contribution in [3.63, 3.8) is 0 Å². The lowest BCUT2D eigenvalue weighted by Gasteiger charge is -2.15. The largest absolute Gasteiger partial charge is 0.497 e. The van der Waals surface area contributed by atoms with E-state index in [0.717, 1.165) is 21.3 Å². The lowest BCUT2D eigenvalue weighted by molar-refractivity contribution is 0.414. The highest BCUT2D eigenvalue weighted by atomic mass is 16.5. The molecule has 0 aliphatic carbocycles. The van der Waals surface area contributed by atoms with E-state index >= 15 is 0 Å². The van der Waals surface area contributed by atoms with Crippen LogP contribution in [0.2, 0.25) is 0 Å². The molecule has 0 saturated carbocycles. The number of guanidine groups is 1. The van der Waals surface area contributed by atoms with Crippen LogP contribution in [0.5, 0.6) is 5.75 Å². The van der Waals surface area contributed by atoms with E-state index in [9.17, 15) is 9.59 Å². The van der Waals surface area contributed by atoms with E-state index in [1.807, 2.05) is 43.3 Å². The molecule has 0 atom stereocenters. The summed E-state index contributed by atoms with van der Waals surface area (Å²) in [7, 11) is 1.59. The molecule has 1 aromatic heterocycles. The fraction of sp³-hybridized carbons (Fsp3) is 0.273. The molecule has 1 heterocycles. The number of aliphatic imine (C=N–C) groups is 1. The number of benzene rings is 2. The summed E-state index contributed by atoms with van der Waals surface area (Å²) >= 11 is 0. The molecule has 0 radical (unpaired) electrons. The number of anilines is 1. The number of methoxy groups -OCH3 is 1. The second-order valence-corrected chi connectivity index (χ2v) is 7.34. The van der Waals surface area contributed by atoms with Crippen LogP contribution in [0.25, 0.3) is 0 Å². The number of rotatable bonds is 9. The lowest BCUT2D eigenvalue weighted by Crippen LogP contribution is -2.43. The van der Waals surface area contributed by atoms with Gasteiger partial charge in [0.05, 0.1) is 26.7 Å². The van der Waals surface area contributed by atoms with Gasteiger partial charge < -0.3 is 15.8 Å². The summed E-state index contributed by atoms with van der Waals surface area (Å²) in [5, 5.41) is 3.00. The number of nitrogens with zero attached hydrogens (tertiary/aromatic N) is 4. The van der Waals surface area contributed by atoms with Crippen LogP contribution < -0.4 is 38.4 Å². The van der Waals surface area contributed by atoms with Gasteiger partial charge in [0.15, 0.2) is 0 Å². The fourth-order valence-corrected chi connectivity index (χ4v) is 3.12. The van der Waals surface area contributed by atoms with Crippen LogP contribution >= 0.6 is 0 Å². The Morgan fingerprint density at radius 2 is 1.64 bits per heavy atom. The van der Waals surface area contributed by atoms with Crippen molar-refractivity contribution < 1.29 is 4.74 Å². The molecule has 6 N–H and O–H groups in total. The molecule has 0 spiro atoms. The third-order valence-corrected chi connectivity index (χ3v) is 4.94. The first-order valence-corrected chi connectivity index (χ1v) is 10.3. The zero-order valence-corrected chi connectivity index (χ0v) is 18.6. The molecule has 0 aliphatic rings. The van der Waals surface area contributed by atoms with Crippen molar-refractivity contribution in [1.29, 1.82) is 0 Å². The Morgan fingerprint density at radius 3 is 2.24 bits per heavy atom. The Kier molecular flexibility index (Phi) is 7.82. The molecule has 11 nitrogen and oxygen atoms in total. The van der Waals surface area contributed by atoms with Crippen LogP contribution in [-0.2, 0) is 13.1 Å². The number of aromatic nitrogens is 3. The minimum atomic E-state index is -0.638. The highest BCUT2D eigenvalue weighted by molar-refractivity contribution is 5.77. The molecular formula is C22H28N8O3. The van der Waals surface area contributed by atoms with Gasteiger partial charge in [0.1, 0.15) is 5.75 Å². The molecule has 0 unspecified atom stereocenters. The Balaban J connectivity index is 1.95. The van der Waals surface area contributed by atoms with Gasteiger partial charge >= 0.3 is 11.4 Å². The minimum Gasteiger partial charge on any atom is -0.497 e. The van der Waals surface area contributed by atoms with Crippen LogP contribution in [-0.4, -0.2) is 40.3 Å². The van der Waals surface area contributed by atoms with Crippen LogP contribution in [0.1, 0.15) is 16.7 Å². The van der Waals surface area contributed by atoms with E-state index in [1.165, 1.54) is 4.57 Å². The first-order valence-electron chi connectivity index (χ1n) is 10.3. The fourth-order valence-electron chi connectivity index (χ4n) is 3.12. The maximum atomic E-state index is 13.3. The summed E-state index contributed by atoms with van der Waals surface area (Å²) in [4.78, 5) is 34.2. The molecule has 11 heteroatoms. The molecule has 0 aliphatic heterocycles. The average molecular weight is 453 g/mol. The maximum absolute atomic E-state index is 13.3. The molecule has 0 amide bonds. The van der Waals surface area contributed by atoms with Crippen LogP contribution in [0, 0.1) is 6.92 Å². The first-order chi connectivity index (χ1) is 15.9. The first kappa shape index (κ1) is 23.5. The van der Waals surface area contributed by atoms with Gasteiger partial charge in [0, 0.05) is 6.54 Å². The van der Waals surface area contributed by atoms with Crippen LogP contribution in [0.4, 0.5) is 5.95 Å². The highest BCUT2D eigenvalue weighted by Crippen LogP contribution is 2.13. The van der Waals surface area contributed by atoms with E-state index in [0.29, 0.717) is 12.3 Å². The Bertz CT molecular complexity index is 1210. The molecule has 33 heavy (non-hydrogen) atoms. The second kappa shape index (κ2) is 11.0. The third kappa shape index (κ3) is 6.20. The van der Waals surface area contributed by atoms with Gasteiger partial charge in [-0.3, -0.25) is 15.0 Å². The van der Waals surface area contributed by atoms with Crippen molar-refractivity contribution in [2.45, 2.75) is 20.0 Å². The lowest BCUT2D eigenvalue weighted by atomic mass is 10.1. The minimum absolute atomic E-state index is 0.0777. The molecule has 0 bridgehead atoms. The molecule has 0 saturated heterocycles. The zero-order valence-electron chi connectivity index (χ0n) is 18.6. The molecular weight excluding hydrogens is 424 g/mol. The Morgan fingerprint density at radius 1 is 1.03 bits per heavy atom. The van der Waals surface area contributed by atoms with Gasteiger partial charge in [0.2, 0.25) is 11.9 Å². The summed E-state index contributed by atoms with van der Waals surface area (Å²) in [6.45, 7) is 2.86. The number of hydrogen-bond acceptors (Lipinski definition) is 7. The van der Waals surface area contributed by atoms with Crippen LogP contribution in [0.3, 0.4) is 0 Å². The van der Waals surface area contributed by atoms with Crippen LogP contribution in [0.15, 0.2) is 63.1 Å². The molecule has 3 aromatic rings. The molecule has 3 rings (SSSR count).